The molecule has 0 saturated carbocycles. The van der Waals surface area contributed by atoms with Gasteiger partial charge in [0.2, 0.25) is 0 Å². The molecule has 1 aromatic carbocycles. The summed E-state index contributed by atoms with van der Waals surface area (Å²) in [6, 6.07) is 10.2. The minimum Gasteiger partial charge on any atom is -0.395 e. The summed E-state index contributed by atoms with van der Waals surface area (Å²) in [6.45, 7) is 0.0646. The second-order valence-corrected chi connectivity index (χ2v) is 5.01. The fourth-order valence-electron chi connectivity index (χ4n) is 1.78. The highest BCUT2D eigenvalue weighted by Crippen LogP contribution is 2.44. The molecular formula is C11H14O2S. The SMILES string of the molecule is OC[C@@H]1S[C@H](c2ccccc2)C[C@H]1O. The van der Waals surface area contributed by atoms with Gasteiger partial charge in [-0.2, -0.15) is 0 Å². The lowest BCUT2D eigenvalue weighted by Gasteiger charge is -2.09. The number of hydrogen-bond donors (Lipinski definition) is 2. The smallest absolute Gasteiger partial charge is 0.0695 e. The van der Waals surface area contributed by atoms with E-state index in [4.69, 9.17) is 5.11 Å². The molecule has 14 heavy (non-hydrogen) atoms. The van der Waals surface area contributed by atoms with Crippen molar-refractivity contribution in [3.8, 4) is 0 Å². The zero-order chi connectivity index (χ0) is 9.97. The van der Waals surface area contributed by atoms with E-state index in [-0.39, 0.29) is 18.0 Å². The number of benzene rings is 1. The molecular weight excluding hydrogens is 196 g/mol. The van der Waals surface area contributed by atoms with E-state index in [9.17, 15) is 5.11 Å². The average molecular weight is 210 g/mol. The van der Waals surface area contributed by atoms with Crippen LogP contribution in [-0.2, 0) is 0 Å². The third-order valence-corrected chi connectivity index (χ3v) is 4.18. The normalized spacial score (nSPS) is 32.0. The Balaban J connectivity index is 2.09. The molecule has 0 bridgehead atoms. The fourth-order valence-corrected chi connectivity index (χ4v) is 3.20. The molecule has 2 N–H and O–H groups in total. The van der Waals surface area contributed by atoms with E-state index in [1.807, 2.05) is 18.2 Å². The zero-order valence-electron chi connectivity index (χ0n) is 7.84. The van der Waals surface area contributed by atoms with Gasteiger partial charge in [0, 0.05) is 5.25 Å². The summed E-state index contributed by atoms with van der Waals surface area (Å²) in [5.41, 5.74) is 1.24. The summed E-state index contributed by atoms with van der Waals surface area (Å²) in [6.07, 6.45) is 0.384. The van der Waals surface area contributed by atoms with Crippen LogP contribution in [0.3, 0.4) is 0 Å². The molecule has 1 fully saturated rings. The number of aliphatic hydroxyl groups excluding tert-OH is 2. The van der Waals surface area contributed by atoms with Crippen LogP contribution >= 0.6 is 11.8 Å². The first-order valence-corrected chi connectivity index (χ1v) is 5.75. The van der Waals surface area contributed by atoms with E-state index in [0.717, 1.165) is 6.42 Å². The van der Waals surface area contributed by atoms with Crippen LogP contribution in [0.2, 0.25) is 0 Å². The van der Waals surface area contributed by atoms with E-state index >= 15 is 0 Å². The largest absolute Gasteiger partial charge is 0.395 e. The molecule has 3 atom stereocenters. The Labute approximate surface area is 88.0 Å². The lowest BCUT2D eigenvalue weighted by atomic mass is 10.1. The maximum Gasteiger partial charge on any atom is 0.0695 e. The van der Waals surface area contributed by atoms with E-state index in [1.54, 1.807) is 11.8 Å². The van der Waals surface area contributed by atoms with E-state index in [0.29, 0.717) is 5.25 Å². The number of thioether (sulfide) groups is 1. The molecule has 1 aliphatic heterocycles. The van der Waals surface area contributed by atoms with Crippen molar-refractivity contribution in [1.29, 1.82) is 0 Å². The molecule has 1 saturated heterocycles. The van der Waals surface area contributed by atoms with Gasteiger partial charge in [0.15, 0.2) is 0 Å². The lowest BCUT2D eigenvalue weighted by Crippen LogP contribution is -2.20. The Morgan fingerprint density at radius 2 is 2.00 bits per heavy atom. The topological polar surface area (TPSA) is 40.5 Å². The molecule has 1 heterocycles. The minimum atomic E-state index is -0.366. The molecule has 0 radical (unpaired) electrons. The number of hydrogen-bond acceptors (Lipinski definition) is 3. The van der Waals surface area contributed by atoms with Gasteiger partial charge >= 0.3 is 0 Å². The summed E-state index contributed by atoms with van der Waals surface area (Å²) in [4.78, 5) is 0. The molecule has 0 aromatic heterocycles. The predicted octanol–water partition coefficient (Wildman–Crippen LogP) is 1.59. The van der Waals surface area contributed by atoms with Gasteiger partial charge in [-0.05, 0) is 12.0 Å². The third-order valence-electron chi connectivity index (χ3n) is 2.58. The van der Waals surface area contributed by atoms with Gasteiger partial charge in [-0.1, -0.05) is 30.3 Å². The Bertz CT molecular complexity index is 289. The van der Waals surface area contributed by atoms with Gasteiger partial charge in [-0.15, -0.1) is 11.8 Å². The Morgan fingerprint density at radius 1 is 1.29 bits per heavy atom. The standard InChI is InChI=1S/C11H14O2S/c12-7-11-9(13)6-10(14-11)8-4-2-1-3-5-8/h1-5,9-13H,6-7H2/t9-,10+,11+/m1/s1. The van der Waals surface area contributed by atoms with Gasteiger partial charge in [0.1, 0.15) is 0 Å². The van der Waals surface area contributed by atoms with Crippen molar-refractivity contribution in [1.82, 2.24) is 0 Å². The number of rotatable bonds is 2. The highest BCUT2D eigenvalue weighted by molar-refractivity contribution is 8.00. The van der Waals surface area contributed by atoms with Crippen LogP contribution in [0.5, 0.6) is 0 Å². The zero-order valence-corrected chi connectivity index (χ0v) is 8.65. The molecule has 2 rings (SSSR count). The third kappa shape index (κ3) is 1.95. The predicted molar refractivity (Wildman–Crippen MR) is 58.3 cm³/mol. The summed E-state index contributed by atoms with van der Waals surface area (Å²) in [5, 5.41) is 19.0. The van der Waals surface area contributed by atoms with E-state index < -0.39 is 0 Å². The molecule has 76 valence electrons. The van der Waals surface area contributed by atoms with Crippen LogP contribution in [0.1, 0.15) is 17.2 Å². The van der Waals surface area contributed by atoms with Crippen LogP contribution in [0.4, 0.5) is 0 Å². The van der Waals surface area contributed by atoms with Crippen LogP contribution in [-0.4, -0.2) is 28.2 Å². The van der Waals surface area contributed by atoms with Crippen LogP contribution in [0, 0.1) is 0 Å². The van der Waals surface area contributed by atoms with Gasteiger partial charge in [0.05, 0.1) is 18.0 Å². The van der Waals surface area contributed by atoms with Crippen molar-refractivity contribution in [2.24, 2.45) is 0 Å². The van der Waals surface area contributed by atoms with Gasteiger partial charge in [-0.25, -0.2) is 0 Å². The molecule has 0 spiro atoms. The van der Waals surface area contributed by atoms with Gasteiger partial charge in [-0.3, -0.25) is 0 Å². The molecule has 0 unspecified atom stereocenters. The quantitative estimate of drug-likeness (QED) is 0.778. The van der Waals surface area contributed by atoms with Crippen LogP contribution in [0.25, 0.3) is 0 Å². The van der Waals surface area contributed by atoms with Crippen molar-refractivity contribution in [3.05, 3.63) is 35.9 Å². The van der Waals surface area contributed by atoms with E-state index in [1.165, 1.54) is 5.56 Å². The molecule has 1 aromatic rings. The fraction of sp³-hybridized carbons (Fsp3) is 0.455. The highest BCUT2D eigenvalue weighted by atomic mass is 32.2. The molecule has 1 aliphatic rings. The molecule has 0 amide bonds. The first-order chi connectivity index (χ1) is 6.81. The monoisotopic (exact) mass is 210 g/mol. The van der Waals surface area contributed by atoms with Crippen LogP contribution < -0.4 is 0 Å². The van der Waals surface area contributed by atoms with Gasteiger partial charge in [0.25, 0.3) is 0 Å². The second kappa shape index (κ2) is 4.34. The van der Waals surface area contributed by atoms with Crippen molar-refractivity contribution >= 4 is 11.8 Å². The maximum atomic E-state index is 9.64. The highest BCUT2D eigenvalue weighted by Gasteiger charge is 2.33. The van der Waals surface area contributed by atoms with Crippen molar-refractivity contribution in [2.45, 2.75) is 23.0 Å². The minimum absolute atomic E-state index is 0.0137. The molecule has 0 aliphatic carbocycles. The second-order valence-electron chi connectivity index (χ2n) is 3.56. The summed E-state index contributed by atoms with van der Waals surface area (Å²) < 4.78 is 0. The molecule has 2 nitrogen and oxygen atoms in total. The first kappa shape index (κ1) is 10.0. The first-order valence-electron chi connectivity index (χ1n) is 4.80. The average Bonchev–Trinajstić information content (AvgIpc) is 2.61. The Kier molecular flexibility index (Phi) is 3.11. The van der Waals surface area contributed by atoms with E-state index in [2.05, 4.69) is 12.1 Å². The maximum absolute atomic E-state index is 9.64. The number of aliphatic hydroxyl groups is 2. The van der Waals surface area contributed by atoms with Crippen molar-refractivity contribution < 1.29 is 10.2 Å². The Hall–Kier alpha value is -0.510. The lowest BCUT2D eigenvalue weighted by molar-refractivity contribution is 0.141. The summed E-state index contributed by atoms with van der Waals surface area (Å²) >= 11 is 1.67. The summed E-state index contributed by atoms with van der Waals surface area (Å²) in [7, 11) is 0. The summed E-state index contributed by atoms with van der Waals surface area (Å²) in [5.74, 6) is 0. The van der Waals surface area contributed by atoms with Crippen molar-refractivity contribution in [3.63, 3.8) is 0 Å². The Morgan fingerprint density at radius 3 is 2.57 bits per heavy atom. The molecule has 3 heteroatoms. The van der Waals surface area contributed by atoms with Crippen LogP contribution in [0.15, 0.2) is 30.3 Å². The van der Waals surface area contributed by atoms with Gasteiger partial charge < -0.3 is 10.2 Å². The van der Waals surface area contributed by atoms with Crippen molar-refractivity contribution in [2.75, 3.05) is 6.61 Å².